The molecular formula is C10H19I. The third-order valence-corrected chi connectivity index (χ3v) is 2.34. The summed E-state index contributed by atoms with van der Waals surface area (Å²) >= 11 is 2.32. The van der Waals surface area contributed by atoms with Crippen LogP contribution in [-0.2, 0) is 0 Å². The molecule has 0 rings (SSSR count). The van der Waals surface area contributed by atoms with Gasteiger partial charge in [0.05, 0.1) is 0 Å². The standard InChI is InChI=1S/C10H19I/c1-3-4-5-6-7-8-9-10(2)11/h2-9H2,1H3. The number of hydrogen-bond acceptors (Lipinski definition) is 0. The molecule has 0 amide bonds. The molecule has 0 nitrogen and oxygen atoms in total. The lowest BCUT2D eigenvalue weighted by molar-refractivity contribution is 0.611. The van der Waals surface area contributed by atoms with E-state index in [0.29, 0.717) is 0 Å². The summed E-state index contributed by atoms with van der Waals surface area (Å²) in [6, 6.07) is 0. The van der Waals surface area contributed by atoms with Crippen molar-refractivity contribution in [3.05, 3.63) is 10.2 Å². The Labute approximate surface area is 84.6 Å². The van der Waals surface area contributed by atoms with Crippen LogP contribution in [0.2, 0.25) is 0 Å². The number of rotatable bonds is 7. The van der Waals surface area contributed by atoms with Crippen molar-refractivity contribution in [2.75, 3.05) is 0 Å². The maximum Gasteiger partial charge on any atom is -0.0166 e. The van der Waals surface area contributed by atoms with Gasteiger partial charge < -0.3 is 0 Å². The molecule has 0 aromatic heterocycles. The minimum Gasteiger partial charge on any atom is -0.0897 e. The topological polar surface area (TPSA) is 0 Å². The first-order chi connectivity index (χ1) is 5.27. The van der Waals surface area contributed by atoms with Crippen molar-refractivity contribution in [2.24, 2.45) is 0 Å². The maximum absolute atomic E-state index is 3.88. The maximum atomic E-state index is 3.88. The average molecular weight is 266 g/mol. The highest BCUT2D eigenvalue weighted by atomic mass is 127. The fourth-order valence-corrected chi connectivity index (χ4v) is 1.48. The lowest BCUT2D eigenvalue weighted by atomic mass is 10.1. The van der Waals surface area contributed by atoms with Crippen molar-refractivity contribution in [3.63, 3.8) is 0 Å². The third kappa shape index (κ3) is 10.5. The minimum absolute atomic E-state index is 1.21. The van der Waals surface area contributed by atoms with E-state index >= 15 is 0 Å². The van der Waals surface area contributed by atoms with Gasteiger partial charge in [-0.2, -0.15) is 0 Å². The molecule has 11 heavy (non-hydrogen) atoms. The van der Waals surface area contributed by atoms with Crippen LogP contribution in [0.4, 0.5) is 0 Å². The monoisotopic (exact) mass is 266 g/mol. The SMILES string of the molecule is C=C(I)CCCCCCCC. The van der Waals surface area contributed by atoms with Gasteiger partial charge in [-0.3, -0.25) is 0 Å². The second kappa shape index (κ2) is 8.57. The predicted molar refractivity (Wildman–Crippen MR) is 61.2 cm³/mol. The van der Waals surface area contributed by atoms with Crippen LogP contribution in [0.15, 0.2) is 10.2 Å². The van der Waals surface area contributed by atoms with E-state index in [9.17, 15) is 0 Å². The van der Waals surface area contributed by atoms with E-state index in [1.165, 1.54) is 48.5 Å². The van der Waals surface area contributed by atoms with Gasteiger partial charge >= 0.3 is 0 Å². The second-order valence-electron chi connectivity index (χ2n) is 3.04. The molecule has 0 aliphatic carbocycles. The first-order valence-electron chi connectivity index (χ1n) is 4.60. The molecule has 0 saturated heterocycles. The molecule has 0 aliphatic rings. The highest BCUT2D eigenvalue weighted by Crippen LogP contribution is 2.14. The summed E-state index contributed by atoms with van der Waals surface area (Å²) in [5.41, 5.74) is 0. The number of allylic oxidation sites excluding steroid dienone is 1. The van der Waals surface area contributed by atoms with Gasteiger partial charge in [-0.1, -0.05) is 45.6 Å². The van der Waals surface area contributed by atoms with Crippen LogP contribution in [0.25, 0.3) is 0 Å². The summed E-state index contributed by atoms with van der Waals surface area (Å²) in [7, 11) is 0. The third-order valence-electron chi connectivity index (χ3n) is 1.80. The van der Waals surface area contributed by atoms with Crippen molar-refractivity contribution in [2.45, 2.75) is 51.9 Å². The molecule has 0 radical (unpaired) electrons. The summed E-state index contributed by atoms with van der Waals surface area (Å²) in [5, 5.41) is 0. The van der Waals surface area contributed by atoms with Gasteiger partial charge in [0, 0.05) is 0 Å². The molecule has 0 aromatic rings. The number of unbranched alkanes of at least 4 members (excludes halogenated alkanes) is 5. The average Bonchev–Trinajstić information content (AvgIpc) is 1.96. The highest BCUT2D eigenvalue weighted by molar-refractivity contribution is 14.1. The zero-order valence-electron chi connectivity index (χ0n) is 7.53. The van der Waals surface area contributed by atoms with E-state index in [2.05, 4.69) is 36.1 Å². The Morgan fingerprint density at radius 1 is 1.09 bits per heavy atom. The van der Waals surface area contributed by atoms with E-state index in [1.54, 1.807) is 0 Å². The molecule has 0 atom stereocenters. The zero-order valence-corrected chi connectivity index (χ0v) is 9.69. The Morgan fingerprint density at radius 3 is 2.18 bits per heavy atom. The summed E-state index contributed by atoms with van der Waals surface area (Å²) < 4.78 is 1.30. The summed E-state index contributed by atoms with van der Waals surface area (Å²) in [6.45, 7) is 6.13. The lowest BCUT2D eigenvalue weighted by Gasteiger charge is -1.98. The predicted octanol–water partition coefficient (Wildman–Crippen LogP) is 4.69. The van der Waals surface area contributed by atoms with Crippen LogP contribution in [0.5, 0.6) is 0 Å². The van der Waals surface area contributed by atoms with Gasteiger partial charge in [-0.15, -0.1) is 0 Å². The lowest BCUT2D eigenvalue weighted by Crippen LogP contribution is -1.78. The van der Waals surface area contributed by atoms with E-state index in [4.69, 9.17) is 0 Å². The molecular weight excluding hydrogens is 247 g/mol. The van der Waals surface area contributed by atoms with E-state index in [-0.39, 0.29) is 0 Å². The summed E-state index contributed by atoms with van der Waals surface area (Å²) in [4.78, 5) is 0. The largest absolute Gasteiger partial charge is 0.0897 e. The van der Waals surface area contributed by atoms with Crippen LogP contribution in [0.3, 0.4) is 0 Å². The number of hydrogen-bond donors (Lipinski definition) is 0. The van der Waals surface area contributed by atoms with Crippen LogP contribution in [0.1, 0.15) is 51.9 Å². The van der Waals surface area contributed by atoms with E-state index in [0.717, 1.165) is 0 Å². The van der Waals surface area contributed by atoms with Crippen molar-refractivity contribution < 1.29 is 0 Å². The fourth-order valence-electron chi connectivity index (χ4n) is 1.10. The van der Waals surface area contributed by atoms with Gasteiger partial charge in [-0.25, -0.2) is 0 Å². The van der Waals surface area contributed by atoms with Gasteiger partial charge in [0.25, 0.3) is 0 Å². The molecule has 0 fully saturated rings. The van der Waals surface area contributed by atoms with Crippen LogP contribution >= 0.6 is 22.6 Å². The molecule has 66 valence electrons. The van der Waals surface area contributed by atoms with Crippen molar-refractivity contribution in [1.82, 2.24) is 0 Å². The molecule has 0 N–H and O–H groups in total. The second-order valence-corrected chi connectivity index (χ2v) is 4.56. The first-order valence-corrected chi connectivity index (χ1v) is 5.68. The molecule has 1 heteroatoms. The van der Waals surface area contributed by atoms with E-state index in [1.807, 2.05) is 0 Å². The van der Waals surface area contributed by atoms with Crippen LogP contribution in [0, 0.1) is 0 Å². The van der Waals surface area contributed by atoms with Crippen LogP contribution < -0.4 is 0 Å². The normalized spacial score (nSPS) is 10.0. The van der Waals surface area contributed by atoms with Gasteiger partial charge in [0.15, 0.2) is 0 Å². The van der Waals surface area contributed by atoms with Crippen LogP contribution in [-0.4, -0.2) is 0 Å². The molecule has 0 saturated carbocycles. The Hall–Kier alpha value is 0.470. The van der Waals surface area contributed by atoms with Gasteiger partial charge in [0.2, 0.25) is 0 Å². The Kier molecular flexibility index (Phi) is 8.93. The van der Waals surface area contributed by atoms with E-state index < -0.39 is 0 Å². The first kappa shape index (κ1) is 11.5. The molecule has 0 aliphatic heterocycles. The fraction of sp³-hybridized carbons (Fsp3) is 0.800. The van der Waals surface area contributed by atoms with Crippen molar-refractivity contribution >= 4 is 22.6 Å². The molecule has 0 unspecified atom stereocenters. The Balaban J connectivity index is 2.85. The number of halogens is 1. The van der Waals surface area contributed by atoms with Crippen molar-refractivity contribution in [1.29, 1.82) is 0 Å². The molecule has 0 aromatic carbocycles. The molecule has 0 heterocycles. The summed E-state index contributed by atoms with van der Waals surface area (Å²) in [5.74, 6) is 0. The van der Waals surface area contributed by atoms with Crippen molar-refractivity contribution in [3.8, 4) is 0 Å². The zero-order chi connectivity index (χ0) is 8.53. The summed E-state index contributed by atoms with van der Waals surface area (Å²) in [6.07, 6.45) is 9.53. The Bertz CT molecular complexity index is 97.0. The van der Waals surface area contributed by atoms with Gasteiger partial charge in [0.1, 0.15) is 0 Å². The Morgan fingerprint density at radius 2 is 1.64 bits per heavy atom. The molecule has 0 spiro atoms. The van der Waals surface area contributed by atoms with Gasteiger partial charge in [-0.05, 0) is 39.0 Å². The highest BCUT2D eigenvalue weighted by Gasteiger charge is 1.90. The quantitative estimate of drug-likeness (QED) is 0.463. The minimum atomic E-state index is 1.21. The molecule has 0 bridgehead atoms. The smallest absolute Gasteiger partial charge is 0.0166 e.